The van der Waals surface area contributed by atoms with Crippen LogP contribution >= 0.6 is 35.4 Å². The highest BCUT2D eigenvalue weighted by Gasteiger charge is 2.35. The lowest BCUT2D eigenvalue weighted by atomic mass is 10.1. The summed E-state index contributed by atoms with van der Waals surface area (Å²) >= 11 is 17.7. The first-order valence-electron chi connectivity index (χ1n) is 8.36. The summed E-state index contributed by atoms with van der Waals surface area (Å²) in [4.78, 5) is 26.9. The number of thiocarbonyl (C=S) groups is 1. The maximum atomic E-state index is 13.2. The van der Waals surface area contributed by atoms with Crippen molar-refractivity contribution in [1.29, 1.82) is 0 Å². The molecule has 150 valence electrons. The Kier molecular flexibility index (Phi) is 6.12. The minimum atomic E-state index is -0.623. The maximum Gasteiger partial charge on any atom is 0.270 e. The summed E-state index contributed by atoms with van der Waals surface area (Å²) in [7, 11) is 2.96. The standard InChI is InChI=1S/C20H16Cl2N2O4S/c1-10-13(21)5-4-6-15(10)24-19(26)12(18(25)23-20(24)29)7-11-8-16(27-2)17(28-3)9-14(11)22/h4-9H,1-3H3,(H,23,25,29)/b12-7+. The number of amides is 2. The summed E-state index contributed by atoms with van der Waals surface area (Å²) in [6.07, 6.45) is 1.39. The van der Waals surface area contributed by atoms with Gasteiger partial charge in [0.2, 0.25) is 0 Å². The molecule has 0 aliphatic carbocycles. The smallest absolute Gasteiger partial charge is 0.270 e. The van der Waals surface area contributed by atoms with Gasteiger partial charge in [-0.3, -0.25) is 19.8 Å². The Balaban J connectivity index is 2.10. The number of hydrogen-bond donors (Lipinski definition) is 1. The summed E-state index contributed by atoms with van der Waals surface area (Å²) in [6.45, 7) is 1.76. The molecule has 0 unspecified atom stereocenters. The van der Waals surface area contributed by atoms with Crippen molar-refractivity contribution in [3.05, 3.63) is 57.1 Å². The third-order valence-electron chi connectivity index (χ3n) is 4.38. The van der Waals surface area contributed by atoms with E-state index in [1.165, 1.54) is 25.2 Å². The van der Waals surface area contributed by atoms with E-state index in [1.54, 1.807) is 37.3 Å². The topological polar surface area (TPSA) is 67.9 Å². The fraction of sp³-hybridized carbons (Fsp3) is 0.150. The molecular weight excluding hydrogens is 435 g/mol. The number of ether oxygens (including phenoxy) is 2. The highest BCUT2D eigenvalue weighted by Crippen LogP contribution is 2.35. The highest BCUT2D eigenvalue weighted by molar-refractivity contribution is 7.80. The van der Waals surface area contributed by atoms with Gasteiger partial charge in [0, 0.05) is 11.1 Å². The van der Waals surface area contributed by atoms with Crippen LogP contribution in [0, 0.1) is 6.92 Å². The lowest BCUT2D eigenvalue weighted by molar-refractivity contribution is -0.122. The summed E-state index contributed by atoms with van der Waals surface area (Å²) in [5.74, 6) is -0.376. The number of benzene rings is 2. The van der Waals surface area contributed by atoms with Crippen LogP contribution in [0.2, 0.25) is 10.0 Å². The number of carbonyl (C=O) groups is 2. The first-order chi connectivity index (χ1) is 13.8. The molecule has 1 saturated heterocycles. The monoisotopic (exact) mass is 450 g/mol. The first-order valence-corrected chi connectivity index (χ1v) is 9.53. The third kappa shape index (κ3) is 3.94. The van der Waals surface area contributed by atoms with E-state index < -0.39 is 11.8 Å². The second-order valence-electron chi connectivity index (χ2n) is 6.07. The zero-order valence-electron chi connectivity index (χ0n) is 15.7. The first kappa shape index (κ1) is 21.1. The molecule has 29 heavy (non-hydrogen) atoms. The van der Waals surface area contributed by atoms with Gasteiger partial charge in [0.1, 0.15) is 5.57 Å². The molecule has 6 nitrogen and oxygen atoms in total. The van der Waals surface area contributed by atoms with Crippen LogP contribution in [-0.4, -0.2) is 31.1 Å². The van der Waals surface area contributed by atoms with Crippen molar-refractivity contribution < 1.29 is 19.1 Å². The largest absolute Gasteiger partial charge is 0.493 e. The molecule has 0 aromatic heterocycles. The number of nitrogens with zero attached hydrogens (tertiary/aromatic N) is 1. The van der Waals surface area contributed by atoms with E-state index in [-0.39, 0.29) is 15.7 Å². The van der Waals surface area contributed by atoms with Crippen LogP contribution in [0.3, 0.4) is 0 Å². The minimum absolute atomic E-state index is 0.0269. The van der Waals surface area contributed by atoms with Gasteiger partial charge in [0.05, 0.1) is 24.9 Å². The Labute approximate surface area is 183 Å². The lowest BCUT2D eigenvalue weighted by Gasteiger charge is -2.30. The van der Waals surface area contributed by atoms with Crippen molar-refractivity contribution in [3.8, 4) is 11.5 Å². The average molecular weight is 451 g/mol. The van der Waals surface area contributed by atoms with Gasteiger partial charge in [-0.05, 0) is 54.5 Å². The molecule has 0 atom stereocenters. The fourth-order valence-corrected chi connectivity index (χ4v) is 3.50. The van der Waals surface area contributed by atoms with Crippen LogP contribution in [-0.2, 0) is 9.59 Å². The van der Waals surface area contributed by atoms with Gasteiger partial charge in [0.25, 0.3) is 11.8 Å². The van der Waals surface area contributed by atoms with Gasteiger partial charge >= 0.3 is 0 Å². The van der Waals surface area contributed by atoms with Crippen molar-refractivity contribution in [1.82, 2.24) is 5.32 Å². The van der Waals surface area contributed by atoms with Gasteiger partial charge in [-0.25, -0.2) is 0 Å². The zero-order valence-corrected chi connectivity index (χ0v) is 18.0. The van der Waals surface area contributed by atoms with E-state index in [0.29, 0.717) is 33.3 Å². The molecule has 0 bridgehead atoms. The van der Waals surface area contributed by atoms with Gasteiger partial charge in [0.15, 0.2) is 16.6 Å². The van der Waals surface area contributed by atoms with Crippen molar-refractivity contribution in [2.45, 2.75) is 6.92 Å². The molecule has 2 aromatic rings. The van der Waals surface area contributed by atoms with E-state index in [2.05, 4.69) is 5.32 Å². The Bertz CT molecular complexity index is 1070. The summed E-state index contributed by atoms with van der Waals surface area (Å²) in [5.41, 5.74) is 1.42. The Morgan fingerprint density at radius 3 is 2.38 bits per heavy atom. The summed E-state index contributed by atoms with van der Waals surface area (Å²) < 4.78 is 10.5. The molecule has 0 saturated carbocycles. The van der Waals surface area contributed by atoms with Crippen molar-refractivity contribution in [2.24, 2.45) is 0 Å². The quantitative estimate of drug-likeness (QED) is 0.430. The molecule has 1 aliphatic heterocycles. The van der Waals surface area contributed by atoms with E-state index in [4.69, 9.17) is 44.9 Å². The van der Waals surface area contributed by atoms with Gasteiger partial charge < -0.3 is 9.47 Å². The highest BCUT2D eigenvalue weighted by atomic mass is 35.5. The molecule has 1 heterocycles. The van der Waals surface area contributed by atoms with Crippen molar-refractivity contribution >= 4 is 64.1 Å². The van der Waals surface area contributed by atoms with Crippen molar-refractivity contribution in [3.63, 3.8) is 0 Å². The SMILES string of the molecule is COc1cc(Cl)c(/C=C2\C(=O)NC(=S)N(c3cccc(Cl)c3C)C2=O)cc1OC. The van der Waals surface area contributed by atoms with Crippen molar-refractivity contribution in [2.75, 3.05) is 19.1 Å². The second kappa shape index (κ2) is 8.41. The number of nitrogens with one attached hydrogen (secondary N) is 1. The molecule has 0 radical (unpaired) electrons. The minimum Gasteiger partial charge on any atom is -0.493 e. The molecule has 1 aliphatic rings. The normalized spacial score (nSPS) is 15.6. The maximum absolute atomic E-state index is 13.2. The zero-order chi connectivity index (χ0) is 21.3. The van der Waals surface area contributed by atoms with E-state index in [9.17, 15) is 9.59 Å². The van der Waals surface area contributed by atoms with Crippen LogP contribution in [0.15, 0.2) is 35.9 Å². The summed E-state index contributed by atoms with van der Waals surface area (Å²) in [5, 5.41) is 3.27. The van der Waals surface area contributed by atoms with E-state index >= 15 is 0 Å². The lowest BCUT2D eigenvalue weighted by Crippen LogP contribution is -2.54. The number of rotatable bonds is 4. The number of anilines is 1. The number of methoxy groups -OCH3 is 2. The number of halogens is 2. The average Bonchev–Trinajstić information content (AvgIpc) is 2.68. The van der Waals surface area contributed by atoms with Gasteiger partial charge in [-0.1, -0.05) is 29.3 Å². The number of hydrogen-bond acceptors (Lipinski definition) is 5. The van der Waals surface area contributed by atoms with Crippen LogP contribution in [0.5, 0.6) is 11.5 Å². The molecule has 1 fully saturated rings. The second-order valence-corrected chi connectivity index (χ2v) is 7.27. The molecule has 9 heteroatoms. The molecule has 3 rings (SSSR count). The molecular formula is C20H16Cl2N2O4S. The summed E-state index contributed by atoms with van der Waals surface area (Å²) in [6, 6.07) is 8.23. The molecule has 2 aromatic carbocycles. The Morgan fingerprint density at radius 2 is 1.72 bits per heavy atom. The van der Waals surface area contributed by atoms with E-state index in [1.807, 2.05) is 0 Å². The van der Waals surface area contributed by atoms with Crippen LogP contribution in [0.4, 0.5) is 5.69 Å². The third-order valence-corrected chi connectivity index (χ3v) is 5.41. The molecule has 2 amide bonds. The predicted octanol–water partition coefficient (Wildman–Crippen LogP) is 4.15. The van der Waals surface area contributed by atoms with E-state index in [0.717, 1.165) is 0 Å². The predicted molar refractivity (Wildman–Crippen MR) is 117 cm³/mol. The fourth-order valence-electron chi connectivity index (χ4n) is 2.85. The van der Waals surface area contributed by atoms with Gasteiger partial charge in [-0.2, -0.15) is 0 Å². The Hall–Kier alpha value is -2.61. The molecule has 0 spiro atoms. The Morgan fingerprint density at radius 1 is 1.07 bits per heavy atom. The van der Waals surface area contributed by atoms with Crippen LogP contribution in [0.25, 0.3) is 6.08 Å². The van der Waals surface area contributed by atoms with Gasteiger partial charge in [-0.15, -0.1) is 0 Å². The van der Waals surface area contributed by atoms with Crippen LogP contribution < -0.4 is 19.7 Å². The molecule has 1 N–H and O–H groups in total. The number of carbonyl (C=O) groups excluding carboxylic acids is 2. The van der Waals surface area contributed by atoms with Crippen LogP contribution in [0.1, 0.15) is 11.1 Å².